The fraction of sp³-hybridized carbons (Fsp3) is 0. The van der Waals surface area contributed by atoms with Gasteiger partial charge in [0.15, 0.2) is 0 Å². The maximum Gasteiger partial charge on any atom is 0.109 e. The van der Waals surface area contributed by atoms with Crippen LogP contribution in [0, 0.1) is 0 Å². The number of rotatable bonds is 0. The summed E-state index contributed by atoms with van der Waals surface area (Å²) >= 11 is 3.23. The molecule has 0 bridgehead atoms. The zero-order chi connectivity index (χ0) is 6.97. The number of hydrogen-bond acceptors (Lipinski definition) is 2. The first-order valence-electron chi connectivity index (χ1n) is 2.83. The van der Waals surface area contributed by atoms with Gasteiger partial charge in [-0.15, -0.1) is 0 Å². The van der Waals surface area contributed by atoms with Crippen molar-refractivity contribution < 1.29 is 0 Å². The summed E-state index contributed by atoms with van der Waals surface area (Å²) in [5, 5.41) is 3.97. The Bertz CT molecular complexity index is 355. The van der Waals surface area contributed by atoms with Gasteiger partial charge in [-0.25, -0.2) is 0 Å². The summed E-state index contributed by atoms with van der Waals surface area (Å²) in [4.78, 5) is 4.09. The van der Waals surface area contributed by atoms with E-state index in [1.807, 2.05) is 12.1 Å². The maximum atomic E-state index is 4.09. The predicted octanol–water partition coefficient (Wildman–Crippen LogP) is 1.59. The number of halogens is 1. The topological polar surface area (TPSA) is 30.7 Å². The average Bonchev–Trinajstić information content (AvgIpc) is 2.34. The SMILES string of the molecule is Brn1ncc2ncccc21. The molecular formula is C6H4BrN3. The molecule has 2 aromatic rings. The Morgan fingerprint density at radius 3 is 3.20 bits per heavy atom. The molecule has 0 saturated heterocycles. The van der Waals surface area contributed by atoms with E-state index >= 15 is 0 Å². The third kappa shape index (κ3) is 0.724. The predicted molar refractivity (Wildman–Crippen MR) is 41.9 cm³/mol. The third-order valence-electron chi connectivity index (χ3n) is 1.30. The molecule has 0 amide bonds. The number of nitrogens with zero attached hydrogens (tertiary/aromatic N) is 3. The molecule has 0 aromatic carbocycles. The lowest BCUT2D eigenvalue weighted by molar-refractivity contribution is 1.06. The average molecular weight is 198 g/mol. The number of fused-ring (bicyclic) bond motifs is 1. The molecule has 0 radical (unpaired) electrons. The van der Waals surface area contributed by atoms with Crippen molar-refractivity contribution in [3.8, 4) is 0 Å². The van der Waals surface area contributed by atoms with Gasteiger partial charge in [-0.3, -0.25) is 4.98 Å². The molecule has 0 aliphatic carbocycles. The molecule has 0 fully saturated rings. The van der Waals surface area contributed by atoms with E-state index < -0.39 is 0 Å². The first-order chi connectivity index (χ1) is 4.88. The minimum absolute atomic E-state index is 0.902. The molecule has 10 heavy (non-hydrogen) atoms. The zero-order valence-corrected chi connectivity index (χ0v) is 6.62. The van der Waals surface area contributed by atoms with Gasteiger partial charge in [0.05, 0.1) is 27.9 Å². The van der Waals surface area contributed by atoms with Gasteiger partial charge in [0, 0.05) is 6.20 Å². The molecular weight excluding hydrogens is 194 g/mol. The summed E-state index contributed by atoms with van der Waals surface area (Å²) in [6.07, 6.45) is 3.46. The summed E-state index contributed by atoms with van der Waals surface area (Å²) in [6, 6.07) is 3.83. The molecule has 0 spiro atoms. The number of hydrogen-bond donors (Lipinski definition) is 0. The molecule has 0 N–H and O–H groups in total. The van der Waals surface area contributed by atoms with Gasteiger partial charge in [-0.2, -0.15) is 8.81 Å². The smallest absolute Gasteiger partial charge is 0.109 e. The molecule has 0 aliphatic rings. The van der Waals surface area contributed by atoms with Crippen molar-refractivity contribution in [3.63, 3.8) is 0 Å². The maximum absolute atomic E-state index is 4.09. The monoisotopic (exact) mass is 197 g/mol. The first-order valence-corrected chi connectivity index (χ1v) is 3.54. The van der Waals surface area contributed by atoms with Crippen LogP contribution < -0.4 is 0 Å². The zero-order valence-electron chi connectivity index (χ0n) is 5.03. The van der Waals surface area contributed by atoms with Gasteiger partial charge in [-0.1, -0.05) is 0 Å². The third-order valence-corrected chi connectivity index (χ3v) is 1.86. The Labute approximate surface area is 66.0 Å². The van der Waals surface area contributed by atoms with E-state index in [1.165, 1.54) is 0 Å². The summed E-state index contributed by atoms with van der Waals surface area (Å²) in [7, 11) is 0. The van der Waals surface area contributed by atoms with Gasteiger partial charge in [0.25, 0.3) is 0 Å². The van der Waals surface area contributed by atoms with E-state index in [1.54, 1.807) is 16.1 Å². The fourth-order valence-corrected chi connectivity index (χ4v) is 1.22. The van der Waals surface area contributed by atoms with Crippen molar-refractivity contribution in [2.75, 3.05) is 0 Å². The quantitative estimate of drug-likeness (QED) is 0.643. The lowest BCUT2D eigenvalue weighted by Crippen LogP contribution is -1.78. The van der Waals surface area contributed by atoms with Crippen molar-refractivity contribution in [1.82, 2.24) is 13.8 Å². The second kappa shape index (κ2) is 2.05. The van der Waals surface area contributed by atoms with Crippen LogP contribution in [0.3, 0.4) is 0 Å². The van der Waals surface area contributed by atoms with Crippen LogP contribution in [0.5, 0.6) is 0 Å². The highest BCUT2D eigenvalue weighted by Gasteiger charge is 1.97. The molecule has 4 heteroatoms. The van der Waals surface area contributed by atoms with Gasteiger partial charge < -0.3 is 0 Å². The Hall–Kier alpha value is -0.900. The second-order valence-corrected chi connectivity index (χ2v) is 2.58. The highest BCUT2D eigenvalue weighted by Crippen LogP contribution is 2.10. The Balaban J connectivity index is 2.93. The Kier molecular flexibility index (Phi) is 1.20. The Morgan fingerprint density at radius 1 is 1.50 bits per heavy atom. The minimum atomic E-state index is 0.902. The fourth-order valence-electron chi connectivity index (χ4n) is 0.832. The van der Waals surface area contributed by atoms with Crippen LogP contribution in [0.15, 0.2) is 24.5 Å². The van der Waals surface area contributed by atoms with Crippen LogP contribution in [0.4, 0.5) is 0 Å². The number of aromatic nitrogens is 3. The van der Waals surface area contributed by atoms with E-state index in [4.69, 9.17) is 0 Å². The summed E-state index contributed by atoms with van der Waals surface area (Å²) < 4.78 is 1.62. The summed E-state index contributed by atoms with van der Waals surface area (Å²) in [5.74, 6) is 0. The van der Waals surface area contributed by atoms with E-state index in [0.717, 1.165) is 11.0 Å². The van der Waals surface area contributed by atoms with Crippen LogP contribution in [0.2, 0.25) is 0 Å². The Morgan fingerprint density at radius 2 is 2.40 bits per heavy atom. The van der Waals surface area contributed by atoms with E-state index in [0.29, 0.717) is 0 Å². The van der Waals surface area contributed by atoms with E-state index in [-0.39, 0.29) is 0 Å². The molecule has 50 valence electrons. The van der Waals surface area contributed by atoms with E-state index in [9.17, 15) is 0 Å². The molecule has 0 saturated carbocycles. The number of pyridine rings is 1. The van der Waals surface area contributed by atoms with Crippen LogP contribution in [0.25, 0.3) is 11.0 Å². The van der Waals surface area contributed by atoms with Crippen molar-refractivity contribution in [1.29, 1.82) is 0 Å². The summed E-state index contributed by atoms with van der Waals surface area (Å²) in [6.45, 7) is 0. The van der Waals surface area contributed by atoms with Crippen LogP contribution in [-0.4, -0.2) is 13.8 Å². The molecule has 0 unspecified atom stereocenters. The van der Waals surface area contributed by atoms with Gasteiger partial charge in [-0.05, 0) is 12.1 Å². The largest absolute Gasteiger partial charge is 0.253 e. The van der Waals surface area contributed by atoms with Crippen molar-refractivity contribution >= 4 is 27.2 Å². The lowest BCUT2D eigenvalue weighted by atomic mass is 10.4. The molecule has 0 aliphatic heterocycles. The van der Waals surface area contributed by atoms with E-state index in [2.05, 4.69) is 26.2 Å². The second-order valence-electron chi connectivity index (χ2n) is 1.91. The normalized spacial score (nSPS) is 10.5. The van der Waals surface area contributed by atoms with Gasteiger partial charge >= 0.3 is 0 Å². The first kappa shape index (κ1) is 5.85. The highest BCUT2D eigenvalue weighted by molar-refractivity contribution is 9.08. The molecule has 2 rings (SSSR count). The summed E-state index contributed by atoms with van der Waals surface area (Å²) in [5.41, 5.74) is 1.89. The highest BCUT2D eigenvalue weighted by atomic mass is 79.9. The molecule has 2 aromatic heterocycles. The van der Waals surface area contributed by atoms with Gasteiger partial charge in [0.2, 0.25) is 0 Å². The van der Waals surface area contributed by atoms with Crippen LogP contribution in [-0.2, 0) is 0 Å². The van der Waals surface area contributed by atoms with Crippen molar-refractivity contribution in [2.45, 2.75) is 0 Å². The van der Waals surface area contributed by atoms with Crippen LogP contribution in [0.1, 0.15) is 0 Å². The van der Waals surface area contributed by atoms with Crippen LogP contribution >= 0.6 is 16.1 Å². The van der Waals surface area contributed by atoms with Gasteiger partial charge in [0.1, 0.15) is 5.52 Å². The van der Waals surface area contributed by atoms with Crippen molar-refractivity contribution in [3.05, 3.63) is 24.5 Å². The lowest BCUT2D eigenvalue weighted by Gasteiger charge is -1.86. The molecule has 0 atom stereocenters. The van der Waals surface area contributed by atoms with Crippen molar-refractivity contribution in [2.24, 2.45) is 0 Å². The minimum Gasteiger partial charge on any atom is -0.253 e. The molecule has 2 heterocycles. The molecule has 3 nitrogen and oxygen atoms in total. The standard InChI is InChI=1S/C6H4BrN3/c7-10-6-2-1-3-8-5(6)4-9-10/h1-4H.